The molecule has 0 saturated carbocycles. The Kier molecular flexibility index (Phi) is 4.39. The third-order valence-corrected chi connectivity index (χ3v) is 3.38. The predicted octanol–water partition coefficient (Wildman–Crippen LogP) is 2.32. The average molecular weight is 312 g/mol. The van der Waals surface area contributed by atoms with E-state index >= 15 is 0 Å². The number of rotatable bonds is 4. The van der Waals surface area contributed by atoms with Crippen LogP contribution in [0.15, 0.2) is 35.6 Å². The minimum atomic E-state index is -4.33. The van der Waals surface area contributed by atoms with Crippen LogP contribution in [-0.4, -0.2) is 20.8 Å². The van der Waals surface area contributed by atoms with E-state index in [0.717, 1.165) is 23.4 Å². The van der Waals surface area contributed by atoms with Crippen LogP contribution in [0.4, 0.5) is 13.2 Å². The largest absolute Gasteiger partial charge is 0.416 e. The molecule has 0 bridgehead atoms. The molecule has 0 unspecified atom stereocenters. The van der Waals surface area contributed by atoms with Gasteiger partial charge in [0, 0.05) is 12.7 Å². The first kappa shape index (κ1) is 15.9. The monoisotopic (exact) mass is 312 g/mol. The lowest BCUT2D eigenvalue weighted by Crippen LogP contribution is -2.16. The third kappa shape index (κ3) is 3.38. The van der Waals surface area contributed by atoms with Gasteiger partial charge in [-0.2, -0.15) is 18.3 Å². The molecule has 0 fully saturated rings. The first-order valence-electron chi connectivity index (χ1n) is 6.48. The van der Waals surface area contributed by atoms with Gasteiger partial charge >= 0.3 is 6.18 Å². The molecule has 8 heteroatoms. The van der Waals surface area contributed by atoms with Crippen LogP contribution in [-0.2, 0) is 26.1 Å². The highest BCUT2D eigenvalue weighted by molar-refractivity contribution is 5.97. The molecule has 0 amide bonds. The van der Waals surface area contributed by atoms with Gasteiger partial charge in [0.25, 0.3) is 0 Å². The maximum atomic E-state index is 12.5. The standard InChI is InChI=1S/C14H15F3N4O/c1-21-12(11(8-19-21)13(18)20-22)7-4-9-2-5-10(6-3-9)14(15,16)17/h2-3,5-6,8,22H,4,7H2,1H3,(H2,18,20). The van der Waals surface area contributed by atoms with E-state index in [1.807, 2.05) is 0 Å². The number of benzene rings is 1. The Bertz CT molecular complexity index is 674. The zero-order chi connectivity index (χ0) is 16.3. The van der Waals surface area contributed by atoms with Crippen molar-refractivity contribution in [2.75, 3.05) is 0 Å². The van der Waals surface area contributed by atoms with Crippen LogP contribution in [0.1, 0.15) is 22.4 Å². The van der Waals surface area contributed by atoms with Crippen LogP contribution in [0.2, 0.25) is 0 Å². The first-order chi connectivity index (χ1) is 10.3. The summed E-state index contributed by atoms with van der Waals surface area (Å²) in [5.41, 5.74) is 6.91. The van der Waals surface area contributed by atoms with E-state index in [0.29, 0.717) is 18.4 Å². The number of halogens is 3. The molecule has 1 heterocycles. The van der Waals surface area contributed by atoms with Crippen LogP contribution in [0, 0.1) is 0 Å². The number of nitrogens with zero attached hydrogens (tertiary/aromatic N) is 3. The van der Waals surface area contributed by atoms with E-state index in [2.05, 4.69) is 10.3 Å². The number of amidine groups is 1. The molecule has 0 aliphatic carbocycles. The zero-order valence-corrected chi connectivity index (χ0v) is 11.8. The number of aromatic nitrogens is 2. The van der Waals surface area contributed by atoms with Gasteiger partial charge < -0.3 is 10.9 Å². The van der Waals surface area contributed by atoms with Gasteiger partial charge in [0.05, 0.1) is 17.3 Å². The number of alkyl halides is 3. The van der Waals surface area contributed by atoms with E-state index in [4.69, 9.17) is 10.9 Å². The Morgan fingerprint density at radius 2 is 1.91 bits per heavy atom. The molecule has 3 N–H and O–H groups in total. The molecular formula is C14H15F3N4O. The maximum absolute atomic E-state index is 12.5. The summed E-state index contributed by atoms with van der Waals surface area (Å²) in [6.45, 7) is 0. The quantitative estimate of drug-likeness (QED) is 0.394. The van der Waals surface area contributed by atoms with Gasteiger partial charge in [0.2, 0.25) is 0 Å². The van der Waals surface area contributed by atoms with Crippen LogP contribution in [0.25, 0.3) is 0 Å². The Morgan fingerprint density at radius 3 is 2.45 bits per heavy atom. The molecule has 1 aromatic carbocycles. The Balaban J connectivity index is 2.12. The molecule has 2 aromatic rings. The summed E-state index contributed by atoms with van der Waals surface area (Å²) in [7, 11) is 1.72. The van der Waals surface area contributed by atoms with Gasteiger partial charge in [-0.3, -0.25) is 4.68 Å². The summed E-state index contributed by atoms with van der Waals surface area (Å²) in [5.74, 6) is -0.0458. The SMILES string of the molecule is Cn1ncc(/C(N)=N/O)c1CCc1ccc(C(F)(F)F)cc1. The summed E-state index contributed by atoms with van der Waals surface area (Å²) in [6, 6.07) is 5.01. The predicted molar refractivity (Wildman–Crippen MR) is 74.6 cm³/mol. The van der Waals surface area contributed by atoms with Crippen molar-refractivity contribution >= 4 is 5.84 Å². The lowest BCUT2D eigenvalue weighted by atomic mass is 10.0. The van der Waals surface area contributed by atoms with Crippen LogP contribution >= 0.6 is 0 Å². The average Bonchev–Trinajstić information content (AvgIpc) is 2.85. The molecule has 1 aromatic heterocycles. The Hall–Kier alpha value is -2.51. The number of hydrogen-bond acceptors (Lipinski definition) is 3. The van der Waals surface area contributed by atoms with E-state index in [9.17, 15) is 13.2 Å². The van der Waals surface area contributed by atoms with E-state index in [1.54, 1.807) is 11.7 Å². The first-order valence-corrected chi connectivity index (χ1v) is 6.48. The number of oxime groups is 1. The number of nitrogens with two attached hydrogens (primary N) is 1. The molecule has 0 aliphatic rings. The summed E-state index contributed by atoms with van der Waals surface area (Å²) >= 11 is 0. The smallest absolute Gasteiger partial charge is 0.409 e. The minimum absolute atomic E-state index is 0.0458. The summed E-state index contributed by atoms with van der Waals surface area (Å²) in [5, 5.41) is 15.7. The summed E-state index contributed by atoms with van der Waals surface area (Å²) < 4.78 is 39.1. The fourth-order valence-electron chi connectivity index (χ4n) is 2.15. The highest BCUT2D eigenvalue weighted by atomic mass is 19.4. The molecule has 0 saturated heterocycles. The fraction of sp³-hybridized carbons (Fsp3) is 0.286. The third-order valence-electron chi connectivity index (χ3n) is 3.38. The maximum Gasteiger partial charge on any atom is 0.416 e. The topological polar surface area (TPSA) is 76.4 Å². The molecule has 0 spiro atoms. The second-order valence-electron chi connectivity index (χ2n) is 4.81. The molecule has 0 aliphatic heterocycles. The van der Waals surface area contributed by atoms with Crippen molar-refractivity contribution in [2.24, 2.45) is 17.9 Å². The molecule has 0 atom stereocenters. The second-order valence-corrected chi connectivity index (χ2v) is 4.81. The van der Waals surface area contributed by atoms with Crippen molar-refractivity contribution in [2.45, 2.75) is 19.0 Å². The van der Waals surface area contributed by atoms with Crippen molar-refractivity contribution in [1.29, 1.82) is 0 Å². The lowest BCUT2D eigenvalue weighted by molar-refractivity contribution is -0.137. The number of aryl methyl sites for hydroxylation is 2. The minimum Gasteiger partial charge on any atom is -0.409 e. The zero-order valence-electron chi connectivity index (χ0n) is 11.8. The molecule has 5 nitrogen and oxygen atoms in total. The number of hydrogen-bond donors (Lipinski definition) is 2. The van der Waals surface area contributed by atoms with Gasteiger partial charge in [-0.05, 0) is 30.5 Å². The fourth-order valence-corrected chi connectivity index (χ4v) is 2.15. The van der Waals surface area contributed by atoms with Gasteiger partial charge in [0.1, 0.15) is 0 Å². The van der Waals surface area contributed by atoms with Crippen molar-refractivity contribution in [3.8, 4) is 0 Å². The van der Waals surface area contributed by atoms with Gasteiger partial charge in [-0.1, -0.05) is 17.3 Å². The second kappa shape index (κ2) is 6.08. The van der Waals surface area contributed by atoms with Crippen LogP contribution in [0.3, 0.4) is 0 Å². The van der Waals surface area contributed by atoms with Gasteiger partial charge in [-0.25, -0.2) is 0 Å². The highest BCUT2D eigenvalue weighted by Crippen LogP contribution is 2.29. The molecule has 22 heavy (non-hydrogen) atoms. The summed E-state index contributed by atoms with van der Waals surface area (Å²) in [6.07, 6.45) is -1.83. The Morgan fingerprint density at radius 1 is 1.27 bits per heavy atom. The molecule has 118 valence electrons. The van der Waals surface area contributed by atoms with Gasteiger partial charge in [0.15, 0.2) is 5.84 Å². The molecule has 0 radical (unpaired) electrons. The molecule has 2 rings (SSSR count). The Labute approximate surface area is 124 Å². The van der Waals surface area contributed by atoms with E-state index in [1.165, 1.54) is 18.3 Å². The summed E-state index contributed by atoms with van der Waals surface area (Å²) in [4.78, 5) is 0. The van der Waals surface area contributed by atoms with Crippen molar-refractivity contribution in [1.82, 2.24) is 9.78 Å². The normalized spacial score (nSPS) is 12.6. The highest BCUT2D eigenvalue weighted by Gasteiger charge is 2.29. The van der Waals surface area contributed by atoms with Crippen molar-refractivity contribution in [3.63, 3.8) is 0 Å². The van der Waals surface area contributed by atoms with E-state index < -0.39 is 11.7 Å². The van der Waals surface area contributed by atoms with E-state index in [-0.39, 0.29) is 5.84 Å². The lowest BCUT2D eigenvalue weighted by Gasteiger charge is -2.08. The van der Waals surface area contributed by atoms with Crippen molar-refractivity contribution in [3.05, 3.63) is 52.8 Å². The van der Waals surface area contributed by atoms with Crippen LogP contribution < -0.4 is 5.73 Å². The molecular weight excluding hydrogens is 297 g/mol. The van der Waals surface area contributed by atoms with Gasteiger partial charge in [-0.15, -0.1) is 0 Å². The van der Waals surface area contributed by atoms with Crippen LogP contribution in [0.5, 0.6) is 0 Å². The van der Waals surface area contributed by atoms with Crippen molar-refractivity contribution < 1.29 is 18.4 Å².